The van der Waals surface area contributed by atoms with E-state index in [0.29, 0.717) is 62.9 Å². The summed E-state index contributed by atoms with van der Waals surface area (Å²) in [5.41, 5.74) is 2.51. The number of anilines is 2. The zero-order chi connectivity index (χ0) is 32.7. The van der Waals surface area contributed by atoms with Crippen LogP contribution in [0.3, 0.4) is 0 Å². The number of piperazine rings is 1. The minimum Gasteiger partial charge on any atom is -0.463 e. The van der Waals surface area contributed by atoms with E-state index in [0.717, 1.165) is 48.2 Å². The molecular weight excluding hydrogens is 626 g/mol. The number of rotatable bonds is 7. The van der Waals surface area contributed by atoms with Gasteiger partial charge < -0.3 is 29.0 Å². The zero-order valence-corrected chi connectivity index (χ0v) is 26.9. The quantitative estimate of drug-likeness (QED) is 0.227. The van der Waals surface area contributed by atoms with Crippen LogP contribution in [0.1, 0.15) is 36.9 Å². The van der Waals surface area contributed by atoms with E-state index in [1.807, 2.05) is 18.2 Å². The predicted octanol–water partition coefficient (Wildman–Crippen LogP) is 5.99. The van der Waals surface area contributed by atoms with Crippen molar-refractivity contribution in [2.24, 2.45) is 11.3 Å². The van der Waals surface area contributed by atoms with Gasteiger partial charge in [-0.05, 0) is 49.1 Å². The largest absolute Gasteiger partial charge is 0.463 e. The molecule has 1 aliphatic carbocycles. The predicted molar refractivity (Wildman–Crippen MR) is 176 cm³/mol. The molecule has 12 heteroatoms. The van der Waals surface area contributed by atoms with E-state index in [-0.39, 0.29) is 29.5 Å². The molecule has 0 radical (unpaired) electrons. The first-order valence-corrected chi connectivity index (χ1v) is 16.6. The van der Waals surface area contributed by atoms with E-state index >= 15 is 0 Å². The normalized spacial score (nSPS) is 24.1. The van der Waals surface area contributed by atoms with Gasteiger partial charge in [-0.3, -0.25) is 4.79 Å². The second-order valence-electron chi connectivity index (χ2n) is 13.1. The SMILES string of the molecule is [C-]#[N+]C[C@H]1CN(c2nc(OCC34CCCC3CCOC4)nc3c2CCN(c2cccc4ccc(F)c(Cl)c24)C3)CCN1C(=O)C(=C)F. The van der Waals surface area contributed by atoms with Gasteiger partial charge in [-0.1, -0.05) is 42.8 Å². The van der Waals surface area contributed by atoms with Gasteiger partial charge >= 0.3 is 6.01 Å². The van der Waals surface area contributed by atoms with Gasteiger partial charge in [-0.25, -0.2) is 15.4 Å². The Labute approximate surface area is 277 Å². The van der Waals surface area contributed by atoms with Crippen LogP contribution >= 0.6 is 11.6 Å². The first-order valence-electron chi connectivity index (χ1n) is 16.2. The lowest BCUT2D eigenvalue weighted by Gasteiger charge is -2.41. The Morgan fingerprint density at radius 1 is 1.19 bits per heavy atom. The molecule has 3 aliphatic heterocycles. The highest BCUT2D eigenvalue weighted by Crippen LogP contribution is 2.48. The maximum absolute atomic E-state index is 14.6. The van der Waals surface area contributed by atoms with Crippen molar-refractivity contribution in [3.63, 3.8) is 0 Å². The van der Waals surface area contributed by atoms with Crippen molar-refractivity contribution in [3.8, 4) is 6.01 Å². The smallest absolute Gasteiger partial charge is 0.318 e. The van der Waals surface area contributed by atoms with Crippen LogP contribution in [0.25, 0.3) is 15.6 Å². The van der Waals surface area contributed by atoms with Crippen LogP contribution < -0.4 is 14.5 Å². The average Bonchev–Trinajstić information content (AvgIpc) is 3.52. The summed E-state index contributed by atoms with van der Waals surface area (Å²) in [5, 5.41) is 1.59. The molecule has 4 heterocycles. The molecule has 2 unspecified atom stereocenters. The van der Waals surface area contributed by atoms with E-state index in [2.05, 4.69) is 21.2 Å². The lowest BCUT2D eigenvalue weighted by Crippen LogP contribution is -2.57. The second kappa shape index (κ2) is 12.9. The number of aromatic nitrogens is 2. The third-order valence-corrected chi connectivity index (χ3v) is 10.8. The van der Waals surface area contributed by atoms with E-state index in [1.165, 1.54) is 17.4 Å². The van der Waals surface area contributed by atoms with E-state index < -0.39 is 23.6 Å². The average molecular weight is 663 g/mol. The maximum Gasteiger partial charge on any atom is 0.318 e. The Hall–Kier alpha value is -4.01. The number of amides is 1. The Morgan fingerprint density at radius 3 is 2.89 bits per heavy atom. The van der Waals surface area contributed by atoms with Gasteiger partial charge in [0.1, 0.15) is 17.7 Å². The van der Waals surface area contributed by atoms with Gasteiger partial charge in [0.25, 0.3) is 5.91 Å². The van der Waals surface area contributed by atoms with Crippen LogP contribution in [-0.4, -0.2) is 79.4 Å². The lowest BCUT2D eigenvalue weighted by atomic mass is 9.76. The molecule has 4 aliphatic rings. The summed E-state index contributed by atoms with van der Waals surface area (Å²) in [6.07, 6.45) is 4.98. The summed E-state index contributed by atoms with van der Waals surface area (Å²) in [7, 11) is 0. The van der Waals surface area contributed by atoms with Crippen molar-refractivity contribution in [2.75, 3.05) is 62.3 Å². The summed E-state index contributed by atoms with van der Waals surface area (Å²) < 4.78 is 40.9. The van der Waals surface area contributed by atoms with Crippen molar-refractivity contribution in [1.29, 1.82) is 0 Å². The Kier molecular flexibility index (Phi) is 8.66. The number of carbonyl (C=O) groups excluding carboxylic acids is 1. The molecule has 246 valence electrons. The third-order valence-electron chi connectivity index (χ3n) is 10.4. The van der Waals surface area contributed by atoms with E-state index in [1.54, 1.807) is 6.07 Å². The van der Waals surface area contributed by atoms with Crippen LogP contribution in [0.4, 0.5) is 20.3 Å². The molecule has 0 bridgehead atoms. The zero-order valence-electron chi connectivity index (χ0n) is 26.2. The van der Waals surface area contributed by atoms with E-state index in [9.17, 15) is 13.6 Å². The molecule has 47 heavy (non-hydrogen) atoms. The molecule has 1 aromatic heterocycles. The second-order valence-corrected chi connectivity index (χ2v) is 13.5. The number of carbonyl (C=O) groups is 1. The van der Waals surface area contributed by atoms with Crippen LogP contribution in [0, 0.1) is 23.7 Å². The number of fused-ring (bicyclic) bond motifs is 3. The minimum absolute atomic E-state index is 0.0300. The minimum atomic E-state index is -1.03. The fraction of sp³-hybridized carbons (Fsp3) is 0.486. The maximum atomic E-state index is 14.6. The van der Waals surface area contributed by atoms with Crippen LogP contribution in [0.2, 0.25) is 5.02 Å². The number of halogens is 3. The Bertz CT molecular complexity index is 1770. The highest BCUT2D eigenvalue weighted by molar-refractivity contribution is 6.36. The van der Waals surface area contributed by atoms with Gasteiger partial charge in [0.2, 0.25) is 6.54 Å². The fourth-order valence-electron chi connectivity index (χ4n) is 8.00. The molecule has 7 rings (SSSR count). The van der Waals surface area contributed by atoms with Gasteiger partial charge in [-0.15, -0.1) is 0 Å². The molecule has 3 aromatic rings. The van der Waals surface area contributed by atoms with Crippen LogP contribution in [-0.2, 0) is 22.5 Å². The molecule has 3 atom stereocenters. The van der Waals surface area contributed by atoms with Gasteiger partial charge in [0, 0.05) is 54.8 Å². The van der Waals surface area contributed by atoms with Gasteiger partial charge in [0.15, 0.2) is 5.83 Å². The van der Waals surface area contributed by atoms with Crippen molar-refractivity contribution >= 4 is 39.8 Å². The molecule has 1 amide bonds. The first kappa shape index (κ1) is 31.6. The summed E-state index contributed by atoms with van der Waals surface area (Å²) in [4.78, 5) is 31.7. The Morgan fingerprint density at radius 2 is 2.06 bits per heavy atom. The monoisotopic (exact) mass is 662 g/mol. The molecule has 2 aromatic carbocycles. The highest BCUT2D eigenvalue weighted by atomic mass is 35.5. The standard InChI is InChI=1S/C35H37ClF2N6O3/c1-22(37)33(45)44-15-14-43(18-25(44)17-39-2)32-26-10-13-42(29-7-3-5-23-8-9-27(38)31(36)30(23)29)19-28(26)40-34(41-32)47-21-35-12-4-6-24(35)11-16-46-20-35/h3,5,7-9,24-25H,1,4,6,10-21H2/t24?,25-,35?/m0/s1. The van der Waals surface area contributed by atoms with Crippen molar-refractivity contribution in [1.82, 2.24) is 14.9 Å². The molecule has 2 saturated heterocycles. The van der Waals surface area contributed by atoms with Gasteiger partial charge in [-0.2, -0.15) is 9.97 Å². The molecule has 3 fully saturated rings. The summed E-state index contributed by atoms with van der Waals surface area (Å²) >= 11 is 6.51. The van der Waals surface area contributed by atoms with E-state index in [4.69, 9.17) is 37.6 Å². The molecule has 9 nitrogen and oxygen atoms in total. The molecule has 1 saturated carbocycles. The van der Waals surface area contributed by atoms with Crippen molar-refractivity contribution in [2.45, 2.75) is 44.7 Å². The van der Waals surface area contributed by atoms with Crippen molar-refractivity contribution in [3.05, 3.63) is 76.3 Å². The number of ether oxygens (including phenoxy) is 2. The lowest BCUT2D eigenvalue weighted by molar-refractivity contribution is -0.131. The Balaban J connectivity index is 1.24. The fourth-order valence-corrected chi connectivity index (χ4v) is 8.27. The first-order chi connectivity index (χ1) is 22.8. The summed E-state index contributed by atoms with van der Waals surface area (Å²) in [6, 6.07) is 8.66. The highest BCUT2D eigenvalue weighted by Gasteiger charge is 2.46. The topological polar surface area (TPSA) is 75.4 Å². The number of hydrogen-bond donors (Lipinski definition) is 0. The third kappa shape index (κ3) is 5.87. The molecule has 0 spiro atoms. The molecule has 0 N–H and O–H groups in total. The van der Waals surface area contributed by atoms with Gasteiger partial charge in [0.05, 0.1) is 30.5 Å². The van der Waals surface area contributed by atoms with Crippen LogP contribution in [0.5, 0.6) is 6.01 Å². The number of benzene rings is 2. The number of hydrogen-bond acceptors (Lipinski definition) is 7. The molecular formula is C35H37ClF2N6O3. The number of nitrogens with zero attached hydrogens (tertiary/aromatic N) is 6. The van der Waals surface area contributed by atoms with Crippen molar-refractivity contribution < 1.29 is 23.0 Å². The van der Waals surface area contributed by atoms with Crippen LogP contribution in [0.15, 0.2) is 42.7 Å². The summed E-state index contributed by atoms with van der Waals surface area (Å²) in [5.74, 6) is -1.04. The summed E-state index contributed by atoms with van der Waals surface area (Å²) in [6.45, 7) is 14.6.